The zero-order chi connectivity index (χ0) is 26.6. The molecule has 0 spiro atoms. The van der Waals surface area contributed by atoms with E-state index in [4.69, 9.17) is 21.1 Å². The summed E-state index contributed by atoms with van der Waals surface area (Å²) in [5.41, 5.74) is -0.0572. The van der Waals surface area contributed by atoms with Crippen LogP contribution in [0.1, 0.15) is 56.3 Å². The third-order valence-electron chi connectivity index (χ3n) is 7.82. The Balaban J connectivity index is 1.63. The minimum atomic E-state index is -1.12. The third kappa shape index (κ3) is 6.21. The summed E-state index contributed by atoms with van der Waals surface area (Å²) in [6.07, 6.45) is 5.75. The van der Waals surface area contributed by atoms with E-state index in [1.165, 1.54) is 12.8 Å². The molecule has 2 saturated heterocycles. The quantitative estimate of drug-likeness (QED) is 0.492. The van der Waals surface area contributed by atoms with E-state index in [1.54, 1.807) is 61.6 Å². The molecule has 200 valence electrons. The highest BCUT2D eigenvalue weighted by Crippen LogP contribution is 2.34. The number of benzene rings is 2. The Labute approximate surface area is 225 Å². The van der Waals surface area contributed by atoms with E-state index in [0.29, 0.717) is 46.3 Å². The van der Waals surface area contributed by atoms with E-state index >= 15 is 0 Å². The zero-order valence-corrected chi connectivity index (χ0v) is 23.0. The van der Waals surface area contributed by atoms with E-state index in [-0.39, 0.29) is 11.8 Å². The number of hydrogen-bond acceptors (Lipinski definition) is 5. The number of nitrogens with zero attached hydrogens (tertiary/aromatic N) is 2. The lowest BCUT2D eigenvalue weighted by Gasteiger charge is -2.47. The van der Waals surface area contributed by atoms with Crippen LogP contribution in [0.3, 0.4) is 0 Å². The Kier molecular flexibility index (Phi) is 8.65. The van der Waals surface area contributed by atoms with Gasteiger partial charge in [-0.2, -0.15) is 0 Å². The van der Waals surface area contributed by atoms with Crippen molar-refractivity contribution in [3.8, 4) is 11.5 Å². The van der Waals surface area contributed by atoms with Crippen LogP contribution in [0.25, 0.3) is 0 Å². The number of ether oxygens (including phenoxy) is 2. The zero-order valence-electron chi connectivity index (χ0n) is 22.3. The third-order valence-corrected chi connectivity index (χ3v) is 8.07. The van der Waals surface area contributed by atoms with Gasteiger partial charge in [-0.15, -0.1) is 0 Å². The van der Waals surface area contributed by atoms with E-state index in [0.717, 1.165) is 32.4 Å². The van der Waals surface area contributed by atoms with Crippen LogP contribution in [0.5, 0.6) is 11.5 Å². The number of nitrogens with one attached hydrogen (secondary N) is 1. The number of amides is 2. The van der Waals surface area contributed by atoms with Gasteiger partial charge in [-0.25, -0.2) is 0 Å². The lowest BCUT2D eigenvalue weighted by atomic mass is 9.82. The molecule has 0 saturated carbocycles. The van der Waals surface area contributed by atoms with Crippen molar-refractivity contribution in [1.29, 1.82) is 0 Å². The minimum Gasteiger partial charge on any atom is -0.497 e. The maximum Gasteiger partial charge on any atom is 0.254 e. The second-order valence-electron chi connectivity index (χ2n) is 10.5. The molecule has 2 fully saturated rings. The van der Waals surface area contributed by atoms with Crippen LogP contribution in [-0.2, 0) is 4.79 Å². The second-order valence-corrected chi connectivity index (χ2v) is 11.0. The van der Waals surface area contributed by atoms with Crippen molar-refractivity contribution in [2.24, 2.45) is 5.92 Å². The van der Waals surface area contributed by atoms with E-state index < -0.39 is 5.54 Å². The van der Waals surface area contributed by atoms with Crippen LogP contribution in [0.2, 0.25) is 5.02 Å². The molecule has 0 aliphatic carbocycles. The monoisotopic (exact) mass is 527 g/mol. The fourth-order valence-corrected chi connectivity index (χ4v) is 5.75. The predicted molar refractivity (Wildman–Crippen MR) is 147 cm³/mol. The van der Waals surface area contributed by atoms with Gasteiger partial charge in [0.1, 0.15) is 17.0 Å². The summed E-state index contributed by atoms with van der Waals surface area (Å²) in [5, 5.41) is 3.56. The number of carbonyl (C=O) groups excluding carboxylic acids is 2. The molecule has 7 nitrogen and oxygen atoms in total. The van der Waals surface area contributed by atoms with Crippen LogP contribution < -0.4 is 14.8 Å². The van der Waals surface area contributed by atoms with Crippen molar-refractivity contribution in [3.63, 3.8) is 0 Å². The minimum absolute atomic E-state index is 0.173. The van der Waals surface area contributed by atoms with Gasteiger partial charge in [0.2, 0.25) is 5.91 Å². The first-order chi connectivity index (χ1) is 17.7. The first kappa shape index (κ1) is 27.3. The van der Waals surface area contributed by atoms with Gasteiger partial charge in [0.25, 0.3) is 5.91 Å². The molecule has 0 aromatic heterocycles. The van der Waals surface area contributed by atoms with Gasteiger partial charge >= 0.3 is 0 Å². The van der Waals surface area contributed by atoms with Crippen LogP contribution in [0, 0.1) is 5.92 Å². The fourth-order valence-electron chi connectivity index (χ4n) is 5.62. The van der Waals surface area contributed by atoms with Crippen LogP contribution in [-0.4, -0.2) is 67.0 Å². The number of rotatable bonds is 8. The van der Waals surface area contributed by atoms with Crippen molar-refractivity contribution in [2.75, 3.05) is 39.2 Å². The Morgan fingerprint density at radius 3 is 2.30 bits per heavy atom. The summed E-state index contributed by atoms with van der Waals surface area (Å²) in [6.45, 7) is 6.39. The van der Waals surface area contributed by atoms with Gasteiger partial charge in [0.15, 0.2) is 0 Å². The van der Waals surface area contributed by atoms with Crippen molar-refractivity contribution in [2.45, 2.75) is 57.5 Å². The molecule has 2 aliphatic rings. The van der Waals surface area contributed by atoms with Crippen molar-refractivity contribution in [1.82, 2.24) is 9.80 Å². The summed E-state index contributed by atoms with van der Waals surface area (Å²) in [7, 11) is 3.13. The SMILES string of the molecule is COc1cc(NC(=O)C(C)(C)N(C[C@H]2CCCN3CCCC[C@H]23)C(=O)c2ccc(Cl)cc2)cc(OC)c1. The maximum atomic E-state index is 13.9. The van der Waals surface area contributed by atoms with Crippen LogP contribution >= 0.6 is 11.6 Å². The summed E-state index contributed by atoms with van der Waals surface area (Å²) in [4.78, 5) is 32.1. The molecular formula is C29H38ClN3O4. The van der Waals surface area contributed by atoms with Crippen molar-refractivity contribution < 1.29 is 19.1 Å². The highest BCUT2D eigenvalue weighted by Gasteiger charge is 2.42. The number of anilines is 1. The first-order valence-electron chi connectivity index (χ1n) is 13.1. The summed E-state index contributed by atoms with van der Waals surface area (Å²) in [6, 6.07) is 12.6. The van der Waals surface area contributed by atoms with Gasteiger partial charge in [-0.3, -0.25) is 9.59 Å². The molecule has 0 unspecified atom stereocenters. The molecule has 4 rings (SSSR count). The Hall–Kier alpha value is -2.77. The summed E-state index contributed by atoms with van der Waals surface area (Å²) >= 11 is 6.09. The normalized spacial score (nSPS) is 20.0. The van der Waals surface area contributed by atoms with Gasteiger partial charge in [-0.05, 0) is 82.8 Å². The lowest BCUT2D eigenvalue weighted by molar-refractivity contribution is -0.125. The first-order valence-corrected chi connectivity index (χ1v) is 13.5. The average Bonchev–Trinajstić information content (AvgIpc) is 2.91. The number of fused-ring (bicyclic) bond motifs is 1. The number of halogens is 1. The highest BCUT2D eigenvalue weighted by atomic mass is 35.5. The number of hydrogen-bond donors (Lipinski definition) is 1. The van der Waals surface area contributed by atoms with Crippen LogP contribution in [0.4, 0.5) is 5.69 Å². The van der Waals surface area contributed by atoms with E-state index in [9.17, 15) is 9.59 Å². The Morgan fingerprint density at radius 2 is 1.65 bits per heavy atom. The molecule has 0 bridgehead atoms. The molecule has 2 aliphatic heterocycles. The number of methoxy groups -OCH3 is 2. The smallest absolute Gasteiger partial charge is 0.254 e. The molecule has 8 heteroatoms. The molecule has 2 aromatic rings. The van der Waals surface area contributed by atoms with E-state index in [2.05, 4.69) is 10.2 Å². The van der Waals surface area contributed by atoms with Crippen molar-refractivity contribution in [3.05, 3.63) is 53.1 Å². The highest BCUT2D eigenvalue weighted by molar-refractivity contribution is 6.30. The van der Waals surface area contributed by atoms with Gasteiger partial charge in [0.05, 0.1) is 14.2 Å². The Bertz CT molecular complexity index is 1080. The van der Waals surface area contributed by atoms with Gasteiger partial charge in [0, 0.05) is 47.1 Å². The van der Waals surface area contributed by atoms with Gasteiger partial charge < -0.3 is 24.6 Å². The maximum absolute atomic E-state index is 13.9. The molecule has 2 atom stereocenters. The molecule has 0 radical (unpaired) electrons. The summed E-state index contributed by atoms with van der Waals surface area (Å²) < 4.78 is 10.7. The average molecular weight is 528 g/mol. The topological polar surface area (TPSA) is 71.1 Å². The van der Waals surface area contributed by atoms with Crippen molar-refractivity contribution >= 4 is 29.1 Å². The van der Waals surface area contributed by atoms with Crippen LogP contribution in [0.15, 0.2) is 42.5 Å². The molecule has 2 heterocycles. The standard InChI is InChI=1S/C29H38ClN3O4/c1-29(2,28(35)31-23-16-24(36-3)18-25(17-23)37-4)33(27(34)20-10-12-22(30)13-11-20)19-21-8-7-15-32-14-6-5-9-26(21)32/h10-13,16-18,21,26H,5-9,14-15,19H2,1-4H3,(H,31,35)/t21-,26-/m1/s1. The van der Waals surface area contributed by atoms with Gasteiger partial charge in [-0.1, -0.05) is 18.0 Å². The van der Waals surface area contributed by atoms with E-state index in [1.807, 2.05) is 13.8 Å². The summed E-state index contributed by atoms with van der Waals surface area (Å²) in [5.74, 6) is 1.01. The molecule has 2 aromatic carbocycles. The predicted octanol–water partition coefficient (Wildman–Crippen LogP) is 5.48. The fraction of sp³-hybridized carbons (Fsp3) is 0.517. The number of carbonyl (C=O) groups is 2. The second kappa shape index (κ2) is 11.7. The molecule has 2 amide bonds. The lowest BCUT2D eigenvalue weighted by Crippen LogP contribution is -2.59. The Morgan fingerprint density at radius 1 is 1.00 bits per heavy atom. The molecule has 1 N–H and O–H groups in total. The number of piperidine rings is 2. The molecular weight excluding hydrogens is 490 g/mol. The molecule has 37 heavy (non-hydrogen) atoms. The largest absolute Gasteiger partial charge is 0.497 e.